The average molecular weight is 532 g/mol. The summed E-state index contributed by atoms with van der Waals surface area (Å²) in [5.41, 5.74) is 4.27. The van der Waals surface area contributed by atoms with Crippen molar-refractivity contribution in [3.05, 3.63) is 114 Å². The largest absolute Gasteiger partial charge is 0.524 e. The molecule has 0 spiro atoms. The number of nitrogens with zero attached hydrogens (tertiary/aromatic N) is 3. The van der Waals surface area contributed by atoms with Crippen molar-refractivity contribution < 1.29 is 22.6 Å². The van der Waals surface area contributed by atoms with Crippen LogP contribution in [0.25, 0.3) is 22.2 Å². The Kier molecular flexibility index (Phi) is 7.65. The Bertz CT molecular complexity index is 1550. The smallest absolute Gasteiger partial charge is 0.487 e. The number of rotatable bonds is 9. The Morgan fingerprint density at radius 2 is 1.64 bits per heavy atom. The molecule has 0 saturated heterocycles. The second-order valence-corrected chi connectivity index (χ2v) is 9.69. The Hall–Kier alpha value is -4.17. The van der Waals surface area contributed by atoms with Crippen molar-refractivity contribution in [2.45, 2.75) is 39.5 Å². The highest BCUT2D eigenvalue weighted by atomic mass is 19.4. The number of benzene rings is 3. The van der Waals surface area contributed by atoms with Crippen molar-refractivity contribution in [2.24, 2.45) is 5.92 Å². The fourth-order valence-electron chi connectivity index (χ4n) is 4.58. The minimum absolute atomic E-state index is 0.290. The molecule has 0 aliphatic carbocycles. The third kappa shape index (κ3) is 6.46. The van der Waals surface area contributed by atoms with Crippen molar-refractivity contribution in [3.8, 4) is 17.0 Å². The van der Waals surface area contributed by atoms with Crippen LogP contribution in [0.5, 0.6) is 5.75 Å². The van der Waals surface area contributed by atoms with E-state index in [1.165, 1.54) is 10.9 Å². The van der Waals surface area contributed by atoms with Gasteiger partial charge in [0.05, 0.1) is 16.9 Å². The van der Waals surface area contributed by atoms with Gasteiger partial charge in [-0.05, 0) is 54.3 Å². The highest BCUT2D eigenvalue weighted by Gasteiger charge is 2.36. The van der Waals surface area contributed by atoms with E-state index >= 15 is 0 Å². The third-order valence-corrected chi connectivity index (χ3v) is 6.25. The molecule has 8 heteroatoms. The summed E-state index contributed by atoms with van der Waals surface area (Å²) in [5.74, 6) is 0.954. The van der Waals surface area contributed by atoms with E-state index in [9.17, 15) is 13.2 Å². The lowest BCUT2D eigenvalue weighted by molar-refractivity contribution is -0.349. The molecule has 0 bridgehead atoms. The van der Waals surface area contributed by atoms with Crippen LogP contribution >= 0.6 is 0 Å². The van der Waals surface area contributed by atoms with E-state index in [0.29, 0.717) is 36.0 Å². The molecule has 5 rings (SSSR count). The predicted molar refractivity (Wildman–Crippen MR) is 144 cm³/mol. The summed E-state index contributed by atoms with van der Waals surface area (Å²) in [4.78, 5) is 4.67. The van der Waals surface area contributed by atoms with Crippen LogP contribution in [0.15, 0.2) is 97.2 Å². The normalized spacial score (nSPS) is 12.7. The molecule has 0 fully saturated rings. The Labute approximate surface area is 224 Å². The molecular weight excluding hydrogens is 503 g/mol. The third-order valence-electron chi connectivity index (χ3n) is 6.25. The van der Waals surface area contributed by atoms with Crippen LogP contribution in [0.3, 0.4) is 0 Å². The van der Waals surface area contributed by atoms with Gasteiger partial charge in [-0.2, -0.15) is 5.10 Å². The van der Waals surface area contributed by atoms with Crippen LogP contribution in [0, 0.1) is 5.92 Å². The number of alkyl halides is 3. The molecule has 0 aliphatic heterocycles. The summed E-state index contributed by atoms with van der Waals surface area (Å²) in [7, 11) is 0. The van der Waals surface area contributed by atoms with Gasteiger partial charge in [-0.3, -0.25) is 4.74 Å². The molecule has 0 N–H and O–H groups in total. The van der Waals surface area contributed by atoms with Gasteiger partial charge in [-0.1, -0.05) is 68.4 Å². The van der Waals surface area contributed by atoms with Gasteiger partial charge in [-0.25, -0.2) is 9.67 Å². The fourth-order valence-corrected chi connectivity index (χ4v) is 4.58. The maximum atomic E-state index is 13.4. The van der Waals surface area contributed by atoms with Crippen LogP contribution in [0.1, 0.15) is 36.9 Å². The van der Waals surface area contributed by atoms with Crippen LogP contribution < -0.4 is 4.74 Å². The molecular formula is C31H28F3N3O2. The van der Waals surface area contributed by atoms with Gasteiger partial charge in [-0.15, -0.1) is 13.2 Å². The zero-order valence-corrected chi connectivity index (χ0v) is 21.6. The van der Waals surface area contributed by atoms with Crippen LogP contribution in [0.4, 0.5) is 13.2 Å². The van der Waals surface area contributed by atoms with E-state index < -0.39 is 12.6 Å². The molecule has 39 heavy (non-hydrogen) atoms. The molecule has 0 aliphatic rings. The van der Waals surface area contributed by atoms with Gasteiger partial charge in [0, 0.05) is 22.7 Å². The fraction of sp³-hybridized carbons (Fsp3) is 0.226. The number of hydrogen-bond acceptors (Lipinski definition) is 4. The number of aromatic nitrogens is 3. The van der Waals surface area contributed by atoms with E-state index in [4.69, 9.17) is 4.74 Å². The van der Waals surface area contributed by atoms with Crippen LogP contribution in [-0.2, 0) is 17.8 Å². The maximum Gasteiger partial charge on any atom is 0.524 e. The van der Waals surface area contributed by atoms with E-state index in [-0.39, 0.29) is 0 Å². The topological polar surface area (TPSA) is 49.2 Å². The molecule has 5 aromatic rings. The SMILES string of the molecule is CC(C)Cc1cc(OCc2ccc3ccccc3n2)ccc1-c1ccnn1C(OC(F)(F)F)c1ccccc1. The second kappa shape index (κ2) is 11.3. The minimum Gasteiger partial charge on any atom is -0.487 e. The molecule has 2 heterocycles. The van der Waals surface area contributed by atoms with Crippen LogP contribution in [-0.4, -0.2) is 21.1 Å². The summed E-state index contributed by atoms with van der Waals surface area (Å²) >= 11 is 0. The minimum atomic E-state index is -4.85. The van der Waals surface area contributed by atoms with E-state index in [1.807, 2.05) is 54.6 Å². The first-order chi connectivity index (χ1) is 18.8. The summed E-state index contributed by atoms with van der Waals surface area (Å²) in [6.07, 6.45) is -4.14. The summed E-state index contributed by atoms with van der Waals surface area (Å²) in [6.45, 7) is 4.47. The van der Waals surface area contributed by atoms with Crippen molar-refractivity contribution in [1.82, 2.24) is 14.8 Å². The van der Waals surface area contributed by atoms with E-state index in [1.54, 1.807) is 36.4 Å². The molecule has 2 aromatic heterocycles. The van der Waals surface area contributed by atoms with Gasteiger partial charge >= 0.3 is 6.36 Å². The molecule has 0 amide bonds. The molecule has 0 saturated carbocycles. The average Bonchev–Trinajstić information content (AvgIpc) is 3.40. The van der Waals surface area contributed by atoms with Gasteiger partial charge in [0.25, 0.3) is 0 Å². The van der Waals surface area contributed by atoms with Crippen molar-refractivity contribution in [1.29, 1.82) is 0 Å². The summed E-state index contributed by atoms with van der Waals surface area (Å²) in [5, 5.41) is 5.31. The number of fused-ring (bicyclic) bond motifs is 1. The maximum absolute atomic E-state index is 13.4. The molecule has 3 aromatic carbocycles. The monoisotopic (exact) mass is 531 g/mol. The first-order valence-corrected chi connectivity index (χ1v) is 12.7. The lowest BCUT2D eigenvalue weighted by atomic mass is 9.95. The lowest BCUT2D eigenvalue weighted by Gasteiger charge is -2.23. The molecule has 1 unspecified atom stereocenters. The number of pyridine rings is 1. The Balaban J connectivity index is 1.46. The zero-order valence-electron chi connectivity index (χ0n) is 21.6. The molecule has 0 radical (unpaired) electrons. The predicted octanol–water partition coefficient (Wildman–Crippen LogP) is 7.96. The lowest BCUT2D eigenvalue weighted by Crippen LogP contribution is -2.25. The summed E-state index contributed by atoms with van der Waals surface area (Å²) < 4.78 is 52.3. The zero-order chi connectivity index (χ0) is 27.4. The second-order valence-electron chi connectivity index (χ2n) is 9.69. The van der Waals surface area contributed by atoms with Crippen molar-refractivity contribution >= 4 is 10.9 Å². The number of para-hydroxylation sites is 1. The van der Waals surface area contributed by atoms with Gasteiger partial charge < -0.3 is 4.74 Å². The highest BCUT2D eigenvalue weighted by molar-refractivity contribution is 5.78. The van der Waals surface area contributed by atoms with Crippen molar-refractivity contribution in [3.63, 3.8) is 0 Å². The number of ether oxygens (including phenoxy) is 2. The van der Waals surface area contributed by atoms with E-state index in [2.05, 4.69) is 28.7 Å². The number of hydrogen-bond donors (Lipinski definition) is 0. The first kappa shape index (κ1) is 26.4. The van der Waals surface area contributed by atoms with Gasteiger partial charge in [0.2, 0.25) is 0 Å². The number of halogens is 3. The highest BCUT2D eigenvalue weighted by Crippen LogP contribution is 2.35. The van der Waals surface area contributed by atoms with Gasteiger partial charge in [0.15, 0.2) is 6.23 Å². The van der Waals surface area contributed by atoms with Crippen molar-refractivity contribution in [2.75, 3.05) is 0 Å². The van der Waals surface area contributed by atoms with Gasteiger partial charge in [0.1, 0.15) is 12.4 Å². The quantitative estimate of drug-likeness (QED) is 0.194. The molecule has 5 nitrogen and oxygen atoms in total. The Morgan fingerprint density at radius 3 is 2.41 bits per heavy atom. The Morgan fingerprint density at radius 1 is 0.872 bits per heavy atom. The van der Waals surface area contributed by atoms with E-state index in [0.717, 1.165) is 27.7 Å². The summed E-state index contributed by atoms with van der Waals surface area (Å²) in [6, 6.07) is 27.4. The van der Waals surface area contributed by atoms with Crippen LogP contribution in [0.2, 0.25) is 0 Å². The standard InChI is InChI=1S/C31H28F3N3O2/c1-21(2)18-24-19-26(38-20-25-13-12-22-8-6-7-11-28(22)36-25)14-15-27(24)29-16-17-35-37(29)30(39-31(32,33)34)23-9-4-3-5-10-23/h3-17,19,21,30H,18,20H2,1-2H3. The first-order valence-electron chi connectivity index (χ1n) is 12.7. The molecule has 200 valence electrons. The molecule has 1 atom stereocenters.